The lowest BCUT2D eigenvalue weighted by atomic mass is 10.0. The molecule has 4 aromatic rings. The first kappa shape index (κ1) is 24.1. The molecule has 1 N–H and O–H groups in total. The summed E-state index contributed by atoms with van der Waals surface area (Å²) in [6.07, 6.45) is 4.51. The number of nitrogens with zero attached hydrogens (tertiary/aromatic N) is 3. The highest BCUT2D eigenvalue weighted by Gasteiger charge is 2.34. The Labute approximate surface area is 209 Å². The van der Waals surface area contributed by atoms with Crippen LogP contribution in [0.25, 0.3) is 11.1 Å². The van der Waals surface area contributed by atoms with Gasteiger partial charge >= 0.3 is 0 Å². The second kappa shape index (κ2) is 11.4. The van der Waals surface area contributed by atoms with E-state index in [9.17, 15) is 9.59 Å². The van der Waals surface area contributed by atoms with Crippen molar-refractivity contribution in [2.45, 2.75) is 19.0 Å². The van der Waals surface area contributed by atoms with Crippen LogP contribution in [-0.2, 0) is 9.59 Å². The highest BCUT2D eigenvalue weighted by molar-refractivity contribution is 6.29. The number of amides is 2. The van der Waals surface area contributed by atoms with Crippen LogP contribution in [0.2, 0.25) is 0 Å². The first-order chi connectivity index (χ1) is 17.1. The van der Waals surface area contributed by atoms with Gasteiger partial charge in [0.2, 0.25) is 11.8 Å². The number of carbonyl (C=O) groups excluding carboxylic acids is 2. The number of nitrogens with one attached hydrogen (secondary N) is 1. The Morgan fingerprint density at radius 1 is 0.886 bits per heavy atom. The van der Waals surface area contributed by atoms with Gasteiger partial charge in [-0.2, -0.15) is 0 Å². The van der Waals surface area contributed by atoms with Crippen molar-refractivity contribution in [2.24, 2.45) is 0 Å². The van der Waals surface area contributed by atoms with Crippen LogP contribution >= 0.6 is 11.6 Å². The van der Waals surface area contributed by atoms with Crippen LogP contribution in [0.1, 0.15) is 30.3 Å². The van der Waals surface area contributed by atoms with Crippen LogP contribution < -0.4 is 10.2 Å². The summed E-state index contributed by atoms with van der Waals surface area (Å²) in [5.41, 5.74) is 3.87. The summed E-state index contributed by atoms with van der Waals surface area (Å²) in [6.45, 7) is 1.89. The Hall–Kier alpha value is -4.03. The maximum atomic E-state index is 13.6. The molecular formula is C28H25ClN4O2. The van der Waals surface area contributed by atoms with Crippen LogP contribution in [0.4, 0.5) is 5.69 Å². The fraction of sp³-hybridized carbons (Fsp3) is 0.143. The summed E-state index contributed by atoms with van der Waals surface area (Å²) in [5, 5.41) is 3.02. The molecule has 0 aliphatic heterocycles. The molecule has 0 radical (unpaired) electrons. The summed E-state index contributed by atoms with van der Waals surface area (Å²) in [6, 6.07) is 25.6. The van der Waals surface area contributed by atoms with Crippen LogP contribution in [0.15, 0.2) is 104 Å². The van der Waals surface area contributed by atoms with E-state index in [0.717, 1.165) is 16.7 Å². The zero-order valence-corrected chi connectivity index (χ0v) is 20.0. The van der Waals surface area contributed by atoms with Gasteiger partial charge in [-0.1, -0.05) is 72.8 Å². The third-order valence-corrected chi connectivity index (χ3v) is 5.89. The fourth-order valence-corrected chi connectivity index (χ4v) is 4.03. The van der Waals surface area contributed by atoms with Crippen molar-refractivity contribution in [1.82, 2.24) is 15.3 Å². The van der Waals surface area contributed by atoms with E-state index in [1.165, 1.54) is 23.5 Å². The Kier molecular flexibility index (Phi) is 7.85. The van der Waals surface area contributed by atoms with Crippen molar-refractivity contribution in [3.8, 4) is 11.1 Å². The Morgan fingerprint density at radius 3 is 2.11 bits per heavy atom. The molecule has 0 spiro atoms. The summed E-state index contributed by atoms with van der Waals surface area (Å²) >= 11 is 6.00. The van der Waals surface area contributed by atoms with E-state index in [2.05, 4.69) is 15.3 Å². The van der Waals surface area contributed by atoms with Gasteiger partial charge in [-0.05, 0) is 35.7 Å². The maximum Gasteiger partial charge on any atom is 0.249 e. The molecule has 6 nitrogen and oxygen atoms in total. The van der Waals surface area contributed by atoms with E-state index in [1.807, 2.05) is 91.9 Å². The second-order valence-corrected chi connectivity index (χ2v) is 8.25. The van der Waals surface area contributed by atoms with Crippen LogP contribution in [-0.4, -0.2) is 27.7 Å². The first-order valence-corrected chi connectivity index (χ1v) is 11.8. The second-order valence-electron chi connectivity index (χ2n) is 7.98. The van der Waals surface area contributed by atoms with E-state index in [-0.39, 0.29) is 17.8 Å². The van der Waals surface area contributed by atoms with E-state index < -0.39 is 11.9 Å². The fourth-order valence-electron chi connectivity index (χ4n) is 3.90. The molecule has 1 unspecified atom stereocenters. The maximum absolute atomic E-state index is 13.6. The number of hydrogen-bond donors (Lipinski definition) is 1. The minimum atomic E-state index is -1.05. The molecule has 0 aliphatic carbocycles. The largest absolute Gasteiger partial charge is 0.347 e. The van der Waals surface area contributed by atoms with E-state index in [4.69, 9.17) is 11.6 Å². The molecule has 0 fully saturated rings. The molecule has 176 valence electrons. The molecule has 1 aromatic heterocycles. The molecular weight excluding hydrogens is 460 g/mol. The lowest BCUT2D eigenvalue weighted by Crippen LogP contribution is -2.45. The molecule has 2 amide bonds. The van der Waals surface area contributed by atoms with Gasteiger partial charge in [-0.25, -0.2) is 0 Å². The van der Waals surface area contributed by atoms with Gasteiger partial charge in [0.15, 0.2) is 6.04 Å². The SMILES string of the molecule is C[C@H](NC(=O)C(c1cnccn1)N(C(=O)CCl)c1ccc(-c2ccccc2)cc1)c1ccccc1. The normalized spacial score (nSPS) is 12.4. The first-order valence-electron chi connectivity index (χ1n) is 11.2. The average Bonchev–Trinajstić information content (AvgIpc) is 2.92. The highest BCUT2D eigenvalue weighted by atomic mass is 35.5. The Morgan fingerprint density at radius 2 is 1.51 bits per heavy atom. The molecule has 0 bridgehead atoms. The van der Waals surface area contributed by atoms with Crippen molar-refractivity contribution in [1.29, 1.82) is 0 Å². The lowest BCUT2D eigenvalue weighted by Gasteiger charge is -2.31. The molecule has 1 heterocycles. The highest BCUT2D eigenvalue weighted by Crippen LogP contribution is 2.30. The topological polar surface area (TPSA) is 75.2 Å². The standard InChI is InChI=1S/C28H25ClN4O2/c1-20(21-8-4-2-5-9-21)32-28(35)27(25-19-30-16-17-31-25)33(26(34)18-29)24-14-12-23(13-15-24)22-10-6-3-7-11-22/h2-17,19-20,27H,18H2,1H3,(H,32,35)/t20-,27?/m0/s1. The van der Waals surface area contributed by atoms with Gasteiger partial charge in [-0.3, -0.25) is 24.5 Å². The van der Waals surface area contributed by atoms with Crippen molar-refractivity contribution in [3.05, 3.63) is 115 Å². The van der Waals surface area contributed by atoms with Gasteiger partial charge in [-0.15, -0.1) is 11.6 Å². The van der Waals surface area contributed by atoms with E-state index >= 15 is 0 Å². The summed E-state index contributed by atoms with van der Waals surface area (Å²) < 4.78 is 0. The lowest BCUT2D eigenvalue weighted by molar-refractivity contribution is -0.126. The van der Waals surface area contributed by atoms with E-state index in [1.54, 1.807) is 0 Å². The number of benzene rings is 3. The zero-order valence-electron chi connectivity index (χ0n) is 19.2. The average molecular weight is 485 g/mol. The van der Waals surface area contributed by atoms with Gasteiger partial charge in [0.1, 0.15) is 5.88 Å². The molecule has 4 rings (SSSR count). The predicted octanol–water partition coefficient (Wildman–Crippen LogP) is 5.33. The molecule has 0 aliphatic rings. The minimum Gasteiger partial charge on any atom is -0.347 e. The molecule has 0 saturated heterocycles. The quantitative estimate of drug-likeness (QED) is 0.343. The third kappa shape index (κ3) is 5.73. The smallest absolute Gasteiger partial charge is 0.249 e. The number of anilines is 1. The number of rotatable bonds is 8. The van der Waals surface area contributed by atoms with Crippen LogP contribution in [0.3, 0.4) is 0 Å². The van der Waals surface area contributed by atoms with Crippen molar-refractivity contribution in [2.75, 3.05) is 10.8 Å². The zero-order chi connectivity index (χ0) is 24.6. The Balaban J connectivity index is 1.71. The predicted molar refractivity (Wildman–Crippen MR) is 138 cm³/mol. The van der Waals surface area contributed by atoms with E-state index in [0.29, 0.717) is 11.4 Å². The van der Waals surface area contributed by atoms with Gasteiger partial charge in [0.25, 0.3) is 0 Å². The number of hydrogen-bond acceptors (Lipinski definition) is 4. The summed E-state index contributed by atoms with van der Waals surface area (Å²) in [5.74, 6) is -1.09. The van der Waals surface area contributed by atoms with Gasteiger partial charge in [0.05, 0.1) is 17.9 Å². The van der Waals surface area contributed by atoms with Crippen molar-refractivity contribution >= 4 is 29.1 Å². The summed E-state index contributed by atoms with van der Waals surface area (Å²) in [7, 11) is 0. The van der Waals surface area contributed by atoms with Crippen molar-refractivity contribution in [3.63, 3.8) is 0 Å². The molecule has 7 heteroatoms. The molecule has 35 heavy (non-hydrogen) atoms. The number of halogens is 1. The molecule has 3 aromatic carbocycles. The number of carbonyl (C=O) groups is 2. The van der Waals surface area contributed by atoms with Crippen molar-refractivity contribution < 1.29 is 9.59 Å². The van der Waals surface area contributed by atoms with Gasteiger partial charge < -0.3 is 5.32 Å². The number of aromatic nitrogens is 2. The number of alkyl halides is 1. The minimum absolute atomic E-state index is 0.281. The van der Waals surface area contributed by atoms with Crippen LogP contribution in [0.5, 0.6) is 0 Å². The van der Waals surface area contributed by atoms with Crippen LogP contribution in [0, 0.1) is 0 Å². The third-order valence-electron chi connectivity index (χ3n) is 5.66. The monoisotopic (exact) mass is 484 g/mol. The summed E-state index contributed by atoms with van der Waals surface area (Å²) in [4.78, 5) is 36.6. The van der Waals surface area contributed by atoms with Gasteiger partial charge in [0, 0.05) is 18.1 Å². The Bertz CT molecular complexity index is 1250. The molecule has 0 saturated carbocycles. The molecule has 2 atom stereocenters.